The molecule has 0 spiro atoms. The van der Waals surface area contributed by atoms with E-state index in [1.807, 2.05) is 24.3 Å². The van der Waals surface area contributed by atoms with Crippen LogP contribution < -0.4 is 14.4 Å². The number of ether oxygens (including phenoxy) is 3. The number of halogens is 1. The minimum atomic E-state index is -1.13. The molecule has 0 bridgehead atoms. The van der Waals surface area contributed by atoms with Gasteiger partial charge in [-0.15, -0.1) is 24.2 Å². The molecule has 4 rings (SSSR count). The van der Waals surface area contributed by atoms with Gasteiger partial charge in [0.15, 0.2) is 0 Å². The summed E-state index contributed by atoms with van der Waals surface area (Å²) >= 11 is 1.32. The second-order valence-corrected chi connectivity index (χ2v) is 9.76. The van der Waals surface area contributed by atoms with Crippen molar-refractivity contribution in [3.8, 4) is 11.5 Å². The standard InChI is InChI=1S/C25H32N2O5S.ClH/c1-30-20-9-10-21-22(17-20)33-25(24(29)31-2,23(28)18-32-21)11-6-12-26-13-15-27(16-14-26)19-7-4-3-5-8-19;/h3-5,7-10,17,23,28H,6,11-16,18H2,1-2H3;1H/t23-,25+;/m0./s1. The summed E-state index contributed by atoms with van der Waals surface area (Å²) in [7, 11) is 2.97. The van der Waals surface area contributed by atoms with Gasteiger partial charge in [-0.25, -0.2) is 0 Å². The number of fused-ring (bicyclic) bond motifs is 1. The molecule has 0 unspecified atom stereocenters. The van der Waals surface area contributed by atoms with Crippen LogP contribution in [0.25, 0.3) is 0 Å². The van der Waals surface area contributed by atoms with Crippen LogP contribution in [0.5, 0.6) is 11.5 Å². The normalized spacial score (nSPS) is 22.6. The summed E-state index contributed by atoms with van der Waals surface area (Å²) in [6.45, 7) is 4.80. The third kappa shape index (κ3) is 5.74. The van der Waals surface area contributed by atoms with Gasteiger partial charge >= 0.3 is 5.97 Å². The van der Waals surface area contributed by atoms with E-state index in [4.69, 9.17) is 14.2 Å². The highest BCUT2D eigenvalue weighted by Crippen LogP contribution is 2.47. The lowest BCUT2D eigenvalue weighted by atomic mass is 9.95. The minimum absolute atomic E-state index is 0. The molecule has 2 aliphatic rings. The molecule has 1 saturated heterocycles. The zero-order valence-corrected chi connectivity index (χ0v) is 21.3. The van der Waals surface area contributed by atoms with Gasteiger partial charge in [-0.3, -0.25) is 9.69 Å². The van der Waals surface area contributed by atoms with Crippen molar-refractivity contribution >= 4 is 35.8 Å². The molecule has 7 nitrogen and oxygen atoms in total. The molecule has 9 heteroatoms. The maximum absolute atomic E-state index is 13.0. The lowest BCUT2D eigenvalue weighted by Crippen LogP contribution is -2.50. The van der Waals surface area contributed by atoms with Crippen molar-refractivity contribution in [2.45, 2.75) is 28.6 Å². The van der Waals surface area contributed by atoms with E-state index in [1.54, 1.807) is 7.11 Å². The summed E-state index contributed by atoms with van der Waals surface area (Å²) < 4.78 is 15.2. The van der Waals surface area contributed by atoms with E-state index in [0.29, 0.717) is 17.9 Å². The van der Waals surface area contributed by atoms with Gasteiger partial charge in [0.1, 0.15) is 29.0 Å². The number of benzene rings is 2. The van der Waals surface area contributed by atoms with Gasteiger partial charge in [-0.05, 0) is 49.7 Å². The van der Waals surface area contributed by atoms with Crippen molar-refractivity contribution in [1.29, 1.82) is 0 Å². The second kappa shape index (κ2) is 12.0. The maximum atomic E-state index is 13.0. The molecule has 0 saturated carbocycles. The summed E-state index contributed by atoms with van der Waals surface area (Å²) in [5, 5.41) is 11.0. The summed E-state index contributed by atoms with van der Waals surface area (Å²) in [6.07, 6.45) is 0.275. The largest absolute Gasteiger partial charge is 0.497 e. The van der Waals surface area contributed by atoms with Gasteiger partial charge in [0.2, 0.25) is 0 Å². The highest BCUT2D eigenvalue weighted by Gasteiger charge is 2.49. The first-order valence-electron chi connectivity index (χ1n) is 11.3. The average Bonchev–Trinajstić information content (AvgIpc) is 3.01. The molecular formula is C25H33ClN2O5S. The number of methoxy groups -OCH3 is 2. The third-order valence-corrected chi connectivity index (χ3v) is 7.97. The van der Waals surface area contributed by atoms with E-state index < -0.39 is 16.8 Å². The van der Waals surface area contributed by atoms with E-state index in [1.165, 1.54) is 24.6 Å². The number of piperazine rings is 1. The molecule has 1 fully saturated rings. The number of esters is 1. The summed E-state index contributed by atoms with van der Waals surface area (Å²) in [6, 6.07) is 15.9. The number of nitrogens with zero attached hydrogens (tertiary/aromatic N) is 2. The number of aliphatic hydroxyl groups excluding tert-OH is 1. The molecule has 2 aromatic carbocycles. The lowest BCUT2D eigenvalue weighted by molar-refractivity contribution is -0.147. The van der Waals surface area contributed by atoms with Gasteiger partial charge in [0, 0.05) is 31.9 Å². The second-order valence-electron chi connectivity index (χ2n) is 8.39. The van der Waals surface area contributed by atoms with Gasteiger partial charge in [-0.2, -0.15) is 0 Å². The van der Waals surface area contributed by atoms with Crippen molar-refractivity contribution in [2.75, 3.05) is 58.5 Å². The van der Waals surface area contributed by atoms with Crippen LogP contribution in [-0.4, -0.2) is 80.4 Å². The summed E-state index contributed by atoms with van der Waals surface area (Å²) in [4.78, 5) is 18.6. The number of anilines is 1. The van der Waals surface area contributed by atoms with Crippen molar-refractivity contribution in [2.24, 2.45) is 0 Å². The number of hydrogen-bond acceptors (Lipinski definition) is 8. The molecule has 2 aliphatic heterocycles. The predicted octanol–water partition coefficient (Wildman–Crippen LogP) is 3.48. The molecule has 0 radical (unpaired) electrons. The van der Waals surface area contributed by atoms with Gasteiger partial charge in [0.05, 0.1) is 19.1 Å². The predicted molar refractivity (Wildman–Crippen MR) is 137 cm³/mol. The molecule has 186 valence electrons. The third-order valence-electron chi connectivity index (χ3n) is 6.43. The number of aliphatic hydroxyl groups is 1. The number of hydrogen-bond donors (Lipinski definition) is 1. The van der Waals surface area contributed by atoms with Crippen molar-refractivity contribution in [3.05, 3.63) is 48.5 Å². The molecule has 0 aromatic heterocycles. The Balaban J connectivity index is 0.00000324. The number of rotatable bonds is 7. The number of thioether (sulfide) groups is 1. The van der Waals surface area contributed by atoms with Crippen LogP contribution in [0.4, 0.5) is 5.69 Å². The van der Waals surface area contributed by atoms with Crippen LogP contribution in [-0.2, 0) is 9.53 Å². The zero-order chi connectivity index (χ0) is 23.3. The fourth-order valence-electron chi connectivity index (χ4n) is 4.49. The van der Waals surface area contributed by atoms with E-state index in [-0.39, 0.29) is 19.0 Å². The first kappa shape index (κ1) is 26.5. The molecule has 0 amide bonds. The van der Waals surface area contributed by atoms with E-state index in [0.717, 1.165) is 44.0 Å². The number of carbonyl (C=O) groups excluding carboxylic acids is 1. The van der Waals surface area contributed by atoms with E-state index in [2.05, 4.69) is 34.1 Å². The molecule has 1 N–H and O–H groups in total. The molecule has 0 aliphatic carbocycles. The first-order chi connectivity index (χ1) is 16.1. The smallest absolute Gasteiger partial charge is 0.325 e. The van der Waals surface area contributed by atoms with Gasteiger partial charge in [0.25, 0.3) is 0 Å². The maximum Gasteiger partial charge on any atom is 0.325 e. The Hall–Kier alpha value is -2.13. The Morgan fingerprint density at radius 1 is 1.15 bits per heavy atom. The summed E-state index contributed by atoms with van der Waals surface area (Å²) in [5.41, 5.74) is 1.26. The van der Waals surface area contributed by atoms with Crippen LogP contribution >= 0.6 is 24.2 Å². The quantitative estimate of drug-likeness (QED) is 0.570. The van der Waals surface area contributed by atoms with Crippen molar-refractivity contribution in [3.63, 3.8) is 0 Å². The summed E-state index contributed by atoms with van der Waals surface area (Å²) in [5.74, 6) is 0.895. The van der Waals surface area contributed by atoms with Crippen LogP contribution in [0.15, 0.2) is 53.4 Å². The molecular weight excluding hydrogens is 476 g/mol. The van der Waals surface area contributed by atoms with Crippen LogP contribution in [0.1, 0.15) is 12.8 Å². The topological polar surface area (TPSA) is 71.5 Å². The number of carbonyl (C=O) groups is 1. The fourth-order valence-corrected chi connectivity index (χ4v) is 5.90. The van der Waals surface area contributed by atoms with Gasteiger partial charge in [-0.1, -0.05) is 18.2 Å². The molecule has 2 atom stereocenters. The molecule has 2 heterocycles. The Kier molecular flexibility index (Phi) is 9.36. The molecule has 34 heavy (non-hydrogen) atoms. The van der Waals surface area contributed by atoms with Crippen molar-refractivity contribution < 1.29 is 24.1 Å². The van der Waals surface area contributed by atoms with E-state index >= 15 is 0 Å². The average molecular weight is 509 g/mol. The van der Waals surface area contributed by atoms with Gasteiger partial charge < -0.3 is 24.2 Å². The minimum Gasteiger partial charge on any atom is -0.497 e. The molecule has 2 aromatic rings. The van der Waals surface area contributed by atoms with Crippen LogP contribution in [0.2, 0.25) is 0 Å². The Morgan fingerprint density at radius 3 is 2.56 bits per heavy atom. The van der Waals surface area contributed by atoms with Crippen molar-refractivity contribution in [1.82, 2.24) is 4.90 Å². The Labute approximate surface area is 211 Å². The Bertz CT molecular complexity index is 942. The fraction of sp³-hybridized carbons (Fsp3) is 0.480. The lowest BCUT2D eigenvalue weighted by Gasteiger charge is -2.37. The highest BCUT2D eigenvalue weighted by atomic mass is 35.5. The van der Waals surface area contributed by atoms with E-state index in [9.17, 15) is 9.90 Å². The monoisotopic (exact) mass is 508 g/mol. The Morgan fingerprint density at radius 2 is 1.88 bits per heavy atom. The first-order valence-corrected chi connectivity index (χ1v) is 12.2. The highest BCUT2D eigenvalue weighted by molar-refractivity contribution is 8.01. The van der Waals surface area contributed by atoms with Crippen LogP contribution in [0.3, 0.4) is 0 Å². The SMILES string of the molecule is COC(=O)[C@]1(CCCN2CCN(c3ccccc3)CC2)Sc2cc(OC)ccc2OC[C@@H]1O.Cl. The number of para-hydroxylation sites is 1. The van der Waals surface area contributed by atoms with Crippen LogP contribution in [0, 0.1) is 0 Å². The zero-order valence-electron chi connectivity index (χ0n) is 19.6.